The molecular formula is C18H17Cl2FN2O2. The maximum absolute atomic E-state index is 13.2. The molecule has 0 saturated carbocycles. The second-order valence-corrected chi connectivity index (χ2v) is 6.89. The van der Waals surface area contributed by atoms with Gasteiger partial charge in [-0.2, -0.15) is 0 Å². The predicted molar refractivity (Wildman–Crippen MR) is 96.9 cm³/mol. The number of carbonyl (C=O) groups is 2. The lowest BCUT2D eigenvalue weighted by Gasteiger charge is -2.33. The molecule has 3 rings (SSSR count). The van der Waals surface area contributed by atoms with Crippen molar-refractivity contribution in [3.63, 3.8) is 0 Å². The van der Waals surface area contributed by atoms with Crippen LogP contribution in [0.1, 0.15) is 19.8 Å². The van der Waals surface area contributed by atoms with Crippen LogP contribution in [0.3, 0.4) is 0 Å². The first-order valence-corrected chi connectivity index (χ1v) is 8.71. The van der Waals surface area contributed by atoms with E-state index in [1.807, 2.05) is 18.2 Å². The summed E-state index contributed by atoms with van der Waals surface area (Å²) < 4.78 is 13.1. The number of alkyl halides is 1. The van der Waals surface area contributed by atoms with Crippen LogP contribution in [0, 0.1) is 0 Å². The van der Waals surface area contributed by atoms with Gasteiger partial charge in [-0.25, -0.2) is 14.1 Å². The summed E-state index contributed by atoms with van der Waals surface area (Å²) in [7, 11) is 0. The number of nitrogens with zero attached hydrogens (tertiary/aromatic N) is 2. The van der Waals surface area contributed by atoms with Gasteiger partial charge in [-0.3, -0.25) is 4.79 Å². The maximum Gasteiger partial charge on any atom is 0.332 e. The summed E-state index contributed by atoms with van der Waals surface area (Å²) in [5, 5.41) is 0.563. The zero-order valence-corrected chi connectivity index (χ0v) is 15.1. The lowest BCUT2D eigenvalue weighted by molar-refractivity contribution is -0.122. The van der Waals surface area contributed by atoms with E-state index in [4.69, 9.17) is 23.2 Å². The summed E-state index contributed by atoms with van der Waals surface area (Å²) in [6.07, 6.45) is 7.36. The molecule has 7 heteroatoms. The van der Waals surface area contributed by atoms with Gasteiger partial charge in [0, 0.05) is 0 Å². The van der Waals surface area contributed by atoms with Crippen LogP contribution in [-0.4, -0.2) is 35.6 Å². The van der Waals surface area contributed by atoms with Crippen molar-refractivity contribution in [1.29, 1.82) is 0 Å². The molecule has 1 heterocycles. The molecular weight excluding hydrogens is 366 g/mol. The van der Waals surface area contributed by atoms with Crippen LogP contribution >= 0.6 is 23.2 Å². The number of rotatable bonds is 4. The highest BCUT2D eigenvalue weighted by molar-refractivity contribution is 6.42. The summed E-state index contributed by atoms with van der Waals surface area (Å²) in [5.74, 6) is -0.429. The monoisotopic (exact) mass is 382 g/mol. The molecule has 1 atom stereocenters. The highest BCUT2D eigenvalue weighted by atomic mass is 35.5. The van der Waals surface area contributed by atoms with E-state index in [1.54, 1.807) is 13.0 Å². The molecule has 4 nitrogen and oxygen atoms in total. The molecule has 2 aliphatic rings. The number of imide groups is 1. The third-order valence-corrected chi connectivity index (χ3v) is 5.35. The minimum atomic E-state index is -1.24. The molecule has 0 radical (unpaired) electrons. The summed E-state index contributed by atoms with van der Waals surface area (Å²) in [5.41, 5.74) is -0.225. The van der Waals surface area contributed by atoms with Crippen LogP contribution in [-0.2, 0) is 4.79 Å². The lowest BCUT2D eigenvalue weighted by Crippen LogP contribution is -2.49. The molecule has 1 fully saturated rings. The maximum atomic E-state index is 13.2. The highest BCUT2D eigenvalue weighted by Crippen LogP contribution is 2.39. The Hall–Kier alpha value is -1.85. The average Bonchev–Trinajstić information content (AvgIpc) is 2.80. The van der Waals surface area contributed by atoms with Gasteiger partial charge in [0.05, 0.1) is 22.3 Å². The summed E-state index contributed by atoms with van der Waals surface area (Å²) >= 11 is 11.9. The Morgan fingerprint density at radius 1 is 1.20 bits per heavy atom. The van der Waals surface area contributed by atoms with Crippen LogP contribution in [0.15, 0.2) is 42.0 Å². The second kappa shape index (κ2) is 6.81. The third-order valence-electron chi connectivity index (χ3n) is 4.61. The van der Waals surface area contributed by atoms with E-state index in [9.17, 15) is 14.0 Å². The Labute approximate surface area is 155 Å². The van der Waals surface area contributed by atoms with Gasteiger partial charge in [-0.05, 0) is 43.5 Å². The summed E-state index contributed by atoms with van der Waals surface area (Å²) in [6, 6.07) is 3.97. The fraction of sp³-hybridized carbons (Fsp3) is 0.333. The zero-order valence-electron chi connectivity index (χ0n) is 13.6. The fourth-order valence-corrected chi connectivity index (χ4v) is 3.53. The minimum Gasteiger partial charge on any atom is -0.303 e. The Balaban J connectivity index is 2.09. The van der Waals surface area contributed by atoms with Crippen LogP contribution in [0.25, 0.3) is 0 Å². The Morgan fingerprint density at radius 3 is 2.56 bits per heavy atom. The number of amides is 3. The molecule has 1 unspecified atom stereocenters. The van der Waals surface area contributed by atoms with E-state index in [-0.39, 0.29) is 11.6 Å². The quantitative estimate of drug-likeness (QED) is 0.703. The van der Waals surface area contributed by atoms with E-state index >= 15 is 0 Å². The molecule has 1 aromatic rings. The largest absolute Gasteiger partial charge is 0.332 e. The summed E-state index contributed by atoms with van der Waals surface area (Å²) in [6.45, 7) is 0.757. The van der Waals surface area contributed by atoms with Gasteiger partial charge in [0.2, 0.25) is 0 Å². The molecule has 1 aliphatic heterocycles. The van der Waals surface area contributed by atoms with E-state index in [1.165, 1.54) is 17.0 Å². The molecule has 3 amide bonds. The first-order chi connectivity index (χ1) is 11.9. The number of urea groups is 1. The molecule has 0 bridgehead atoms. The van der Waals surface area contributed by atoms with E-state index < -0.39 is 24.2 Å². The SMILES string of the molecule is CC1(C2=CCCC=C2)C(=O)N(c2ccc(Cl)c(Cl)c2)C(=O)N1CCF. The number of benzene rings is 1. The van der Waals surface area contributed by atoms with Crippen molar-refractivity contribution in [2.75, 3.05) is 18.1 Å². The van der Waals surface area contributed by atoms with Crippen LogP contribution in [0.2, 0.25) is 10.0 Å². The standard InChI is InChI=1S/C18H17Cl2FN2O2/c1-18(12-5-3-2-4-6-12)16(24)23(17(25)22(18)10-9-21)13-7-8-14(19)15(20)11-13/h3,5-8,11H,2,4,9-10H2,1H3. The van der Waals surface area contributed by atoms with Gasteiger partial charge in [0.15, 0.2) is 0 Å². The second-order valence-electron chi connectivity index (χ2n) is 6.07. The third kappa shape index (κ3) is 2.85. The average molecular weight is 383 g/mol. The predicted octanol–water partition coefficient (Wildman–Crippen LogP) is 4.77. The molecule has 0 N–H and O–H groups in total. The number of hydrogen-bond acceptors (Lipinski definition) is 2. The van der Waals surface area contributed by atoms with Crippen molar-refractivity contribution >= 4 is 40.8 Å². The van der Waals surface area contributed by atoms with Crippen molar-refractivity contribution in [3.8, 4) is 0 Å². The molecule has 1 aromatic carbocycles. The number of carbonyl (C=O) groups excluding carboxylic acids is 2. The van der Waals surface area contributed by atoms with Crippen molar-refractivity contribution < 1.29 is 14.0 Å². The van der Waals surface area contributed by atoms with Crippen LogP contribution < -0.4 is 4.90 Å². The number of halogens is 3. The van der Waals surface area contributed by atoms with Gasteiger partial charge in [-0.15, -0.1) is 0 Å². The zero-order chi connectivity index (χ0) is 18.2. The van der Waals surface area contributed by atoms with Gasteiger partial charge in [-0.1, -0.05) is 41.4 Å². The molecule has 1 saturated heterocycles. The van der Waals surface area contributed by atoms with Gasteiger partial charge < -0.3 is 4.90 Å². The van der Waals surface area contributed by atoms with E-state index in [0.29, 0.717) is 16.3 Å². The number of hydrogen-bond donors (Lipinski definition) is 0. The Bertz CT molecular complexity index is 793. The molecule has 25 heavy (non-hydrogen) atoms. The topological polar surface area (TPSA) is 40.6 Å². The van der Waals surface area contributed by atoms with Crippen LogP contribution in [0.4, 0.5) is 14.9 Å². The van der Waals surface area contributed by atoms with Crippen LogP contribution in [0.5, 0.6) is 0 Å². The lowest BCUT2D eigenvalue weighted by atomic mass is 9.86. The number of allylic oxidation sites excluding steroid dienone is 2. The summed E-state index contributed by atoms with van der Waals surface area (Å²) in [4.78, 5) is 28.4. The van der Waals surface area contributed by atoms with Crippen molar-refractivity contribution in [1.82, 2.24) is 4.90 Å². The Morgan fingerprint density at radius 2 is 1.96 bits per heavy atom. The van der Waals surface area contributed by atoms with Crippen molar-refractivity contribution in [3.05, 3.63) is 52.0 Å². The smallest absolute Gasteiger partial charge is 0.303 e. The molecule has 132 valence electrons. The number of anilines is 1. The molecule has 1 aliphatic carbocycles. The molecule has 0 aromatic heterocycles. The molecule has 0 spiro atoms. The van der Waals surface area contributed by atoms with Crippen molar-refractivity contribution in [2.24, 2.45) is 0 Å². The van der Waals surface area contributed by atoms with Gasteiger partial charge in [0.1, 0.15) is 12.2 Å². The van der Waals surface area contributed by atoms with E-state index in [2.05, 4.69) is 0 Å². The van der Waals surface area contributed by atoms with E-state index in [0.717, 1.165) is 17.7 Å². The highest BCUT2D eigenvalue weighted by Gasteiger charge is 2.56. The fourth-order valence-electron chi connectivity index (χ4n) is 3.24. The van der Waals surface area contributed by atoms with Gasteiger partial charge >= 0.3 is 6.03 Å². The van der Waals surface area contributed by atoms with Gasteiger partial charge in [0.25, 0.3) is 5.91 Å². The first-order valence-electron chi connectivity index (χ1n) is 7.95. The normalized spacial score (nSPS) is 23.4. The minimum absolute atomic E-state index is 0.163. The Kier molecular flexibility index (Phi) is 4.89. The first kappa shape index (κ1) is 18.0. The van der Waals surface area contributed by atoms with Crippen molar-refractivity contribution in [2.45, 2.75) is 25.3 Å².